The van der Waals surface area contributed by atoms with Crippen LogP contribution in [0.3, 0.4) is 0 Å². The van der Waals surface area contributed by atoms with Crippen LogP contribution in [-0.4, -0.2) is 35.3 Å². The molecule has 1 aliphatic rings. The van der Waals surface area contributed by atoms with E-state index in [9.17, 15) is 15.2 Å². The molecule has 2 rings (SSSR count). The highest BCUT2D eigenvalue weighted by Gasteiger charge is 2.65. The molecule has 0 bridgehead atoms. The molecule has 1 N–H and O–H groups in total. The van der Waals surface area contributed by atoms with Gasteiger partial charge in [-0.2, -0.15) is 17.0 Å². The first-order valence-electron chi connectivity index (χ1n) is 13.6. The van der Waals surface area contributed by atoms with E-state index in [-0.39, 0.29) is 39.5 Å². The van der Waals surface area contributed by atoms with E-state index < -0.39 is 5.41 Å². The zero-order chi connectivity index (χ0) is 27.3. The molecule has 0 spiro atoms. The van der Waals surface area contributed by atoms with E-state index >= 15 is 0 Å². The van der Waals surface area contributed by atoms with Crippen molar-refractivity contribution >= 4 is 17.7 Å². The lowest BCUT2D eigenvalue weighted by Crippen LogP contribution is -2.51. The molecule has 202 valence electrons. The monoisotopic (exact) mass is 515 g/mol. The van der Waals surface area contributed by atoms with Gasteiger partial charge in [0.2, 0.25) is 0 Å². The lowest BCUT2D eigenvalue weighted by Gasteiger charge is -2.49. The number of esters is 1. The highest BCUT2D eigenvalue weighted by molar-refractivity contribution is 8.00. The summed E-state index contributed by atoms with van der Waals surface area (Å²) in [5.41, 5.74) is 0.0977. The van der Waals surface area contributed by atoms with Gasteiger partial charge in [-0.3, -0.25) is 4.79 Å². The first-order valence-corrected chi connectivity index (χ1v) is 14.6. The van der Waals surface area contributed by atoms with Crippen molar-refractivity contribution in [2.45, 2.75) is 104 Å². The molecule has 0 radical (unpaired) electrons. The lowest BCUT2D eigenvalue weighted by atomic mass is 9.59. The van der Waals surface area contributed by atoms with Crippen molar-refractivity contribution in [3.05, 3.63) is 35.9 Å². The van der Waals surface area contributed by atoms with Crippen LogP contribution >= 0.6 is 11.8 Å². The first kappa shape index (κ1) is 30.7. The van der Waals surface area contributed by atoms with Gasteiger partial charge in [0.1, 0.15) is 0 Å². The molecule has 5 heteroatoms. The van der Waals surface area contributed by atoms with Crippen LogP contribution in [0.25, 0.3) is 0 Å². The summed E-state index contributed by atoms with van der Waals surface area (Å²) in [7, 11) is 1.50. The normalized spacial score (nSPS) is 25.8. The van der Waals surface area contributed by atoms with Gasteiger partial charge in [-0.25, -0.2) is 0 Å². The van der Waals surface area contributed by atoms with E-state index in [2.05, 4.69) is 84.9 Å². The van der Waals surface area contributed by atoms with Crippen LogP contribution in [0, 0.1) is 33.0 Å². The van der Waals surface area contributed by atoms with Crippen molar-refractivity contribution in [3.63, 3.8) is 0 Å². The fraction of sp³-hybridized carbons (Fsp3) is 0.742. The zero-order valence-electron chi connectivity index (χ0n) is 23.9. The van der Waals surface area contributed by atoms with E-state index in [0.717, 1.165) is 44.3 Å². The Kier molecular flexibility index (Phi) is 10.2. The van der Waals surface area contributed by atoms with Crippen LogP contribution in [0.4, 0.5) is 0 Å². The topological polar surface area (TPSA) is 70.3 Å². The maximum atomic E-state index is 13.5. The third kappa shape index (κ3) is 5.97. The number of unbranched alkanes of at least 4 members (excludes halogenated alkanes) is 1. The molecule has 1 aromatic carbocycles. The Labute approximate surface area is 224 Å². The van der Waals surface area contributed by atoms with Crippen LogP contribution in [0.15, 0.2) is 30.3 Å². The third-order valence-electron chi connectivity index (χ3n) is 9.66. The van der Waals surface area contributed by atoms with Crippen molar-refractivity contribution in [2.75, 3.05) is 19.5 Å². The highest BCUT2D eigenvalue weighted by Crippen LogP contribution is 2.70. The van der Waals surface area contributed by atoms with Gasteiger partial charge in [0.25, 0.3) is 0 Å². The molecule has 5 atom stereocenters. The summed E-state index contributed by atoms with van der Waals surface area (Å²) >= 11 is 1.84. The predicted octanol–water partition coefficient (Wildman–Crippen LogP) is 7.76. The maximum absolute atomic E-state index is 13.5. The Balaban J connectivity index is 2.50. The summed E-state index contributed by atoms with van der Waals surface area (Å²) in [5, 5.41) is 19.2. The fourth-order valence-electron chi connectivity index (χ4n) is 6.57. The summed E-state index contributed by atoms with van der Waals surface area (Å²) in [6, 6.07) is 13.3. The van der Waals surface area contributed by atoms with Crippen molar-refractivity contribution in [1.82, 2.24) is 0 Å². The summed E-state index contributed by atoms with van der Waals surface area (Å²) in [4.78, 5) is 13.5. The van der Waals surface area contributed by atoms with Crippen LogP contribution in [-0.2, 0) is 9.53 Å². The SMILES string of the molecule is CCC1(CC(c2ccccc2)C(C)(C)CC(C)(C(=O)OC)C(C)(CC)SCCCCO)CC1(C)C#N. The first-order chi connectivity index (χ1) is 16.8. The number of nitrogens with zero attached hydrogens (tertiary/aromatic N) is 1. The Morgan fingerprint density at radius 1 is 1.19 bits per heavy atom. The molecule has 1 aromatic rings. The molecular weight excluding hydrogens is 466 g/mol. The van der Waals surface area contributed by atoms with Gasteiger partial charge < -0.3 is 9.84 Å². The number of carbonyl (C=O) groups excluding carboxylic acids is 1. The summed E-state index contributed by atoms with van der Waals surface area (Å²) < 4.78 is 5.16. The number of carbonyl (C=O) groups is 1. The molecule has 0 amide bonds. The van der Waals surface area contributed by atoms with E-state index in [1.165, 1.54) is 12.7 Å². The quantitative estimate of drug-likeness (QED) is 0.191. The van der Waals surface area contributed by atoms with Gasteiger partial charge in [-0.05, 0) is 93.8 Å². The van der Waals surface area contributed by atoms with Gasteiger partial charge in [-0.1, -0.05) is 58.0 Å². The minimum Gasteiger partial charge on any atom is -0.469 e. The Bertz CT molecular complexity index is 912. The number of rotatable bonds is 15. The van der Waals surface area contributed by atoms with E-state index in [4.69, 9.17) is 4.74 Å². The van der Waals surface area contributed by atoms with Crippen molar-refractivity contribution < 1.29 is 14.6 Å². The number of benzene rings is 1. The lowest BCUT2D eigenvalue weighted by molar-refractivity contribution is -0.156. The maximum Gasteiger partial charge on any atom is 0.312 e. The van der Waals surface area contributed by atoms with E-state index in [1.54, 1.807) is 0 Å². The number of ether oxygens (including phenoxy) is 1. The average Bonchev–Trinajstić information content (AvgIpc) is 3.48. The van der Waals surface area contributed by atoms with Crippen LogP contribution in [0.1, 0.15) is 105 Å². The van der Waals surface area contributed by atoms with E-state index in [1.807, 2.05) is 11.8 Å². The Morgan fingerprint density at radius 3 is 2.31 bits per heavy atom. The second-order valence-corrected chi connectivity index (χ2v) is 13.9. The summed E-state index contributed by atoms with van der Waals surface area (Å²) in [6.45, 7) is 15.6. The minimum atomic E-state index is -0.696. The van der Waals surface area contributed by atoms with Gasteiger partial charge in [0, 0.05) is 11.4 Å². The molecule has 1 fully saturated rings. The summed E-state index contributed by atoms with van der Waals surface area (Å²) in [5.74, 6) is 0.956. The number of aliphatic hydroxyl groups is 1. The molecule has 5 unspecified atom stereocenters. The molecule has 0 aromatic heterocycles. The standard InChI is InChI=1S/C31H49NO3S/c1-9-30(7,36-19-15-14-18-33)29(6,26(34)35-8)21-27(3,4)25(24-16-12-11-13-17-24)20-31(10-2)22-28(31,5)23-32/h11-13,16-17,25,33H,9-10,14-15,18-22H2,1-8H3. The van der Waals surface area contributed by atoms with Gasteiger partial charge in [0.05, 0.1) is 24.0 Å². The number of aliphatic hydroxyl groups excluding tert-OH is 1. The Morgan fingerprint density at radius 2 is 1.83 bits per heavy atom. The van der Waals surface area contributed by atoms with Crippen LogP contribution in [0.5, 0.6) is 0 Å². The second kappa shape index (κ2) is 11.9. The predicted molar refractivity (Wildman–Crippen MR) is 151 cm³/mol. The third-order valence-corrected chi connectivity index (χ3v) is 11.5. The molecule has 1 saturated carbocycles. The fourth-order valence-corrected chi connectivity index (χ4v) is 8.04. The number of hydrogen-bond acceptors (Lipinski definition) is 5. The number of methoxy groups -OCH3 is 1. The zero-order valence-corrected chi connectivity index (χ0v) is 24.8. The van der Waals surface area contributed by atoms with Gasteiger partial charge >= 0.3 is 5.97 Å². The second-order valence-electron chi connectivity index (χ2n) is 12.3. The smallest absolute Gasteiger partial charge is 0.312 e. The molecular formula is C31H49NO3S. The van der Waals surface area contributed by atoms with Crippen molar-refractivity contribution in [3.8, 4) is 6.07 Å². The molecule has 1 aliphatic carbocycles. The number of thioether (sulfide) groups is 1. The molecule has 0 saturated heterocycles. The molecule has 4 nitrogen and oxygen atoms in total. The van der Waals surface area contributed by atoms with Crippen LogP contribution in [0.2, 0.25) is 0 Å². The summed E-state index contributed by atoms with van der Waals surface area (Å²) in [6.07, 6.45) is 6.10. The molecule has 0 aliphatic heterocycles. The average molecular weight is 516 g/mol. The van der Waals surface area contributed by atoms with Crippen LogP contribution < -0.4 is 0 Å². The number of hydrogen-bond donors (Lipinski definition) is 1. The minimum absolute atomic E-state index is 0.00823. The molecule has 0 heterocycles. The van der Waals surface area contributed by atoms with Gasteiger partial charge in [-0.15, -0.1) is 0 Å². The number of nitriles is 1. The largest absolute Gasteiger partial charge is 0.469 e. The highest BCUT2D eigenvalue weighted by atomic mass is 32.2. The Hall–Kier alpha value is -1.51. The molecule has 36 heavy (non-hydrogen) atoms. The van der Waals surface area contributed by atoms with Gasteiger partial charge in [0.15, 0.2) is 0 Å². The van der Waals surface area contributed by atoms with Crippen molar-refractivity contribution in [1.29, 1.82) is 5.26 Å². The van der Waals surface area contributed by atoms with E-state index in [0.29, 0.717) is 6.42 Å². The van der Waals surface area contributed by atoms with Crippen molar-refractivity contribution in [2.24, 2.45) is 21.7 Å².